The van der Waals surface area contributed by atoms with Crippen LogP contribution in [0.25, 0.3) is 10.9 Å². The highest BCUT2D eigenvalue weighted by Crippen LogP contribution is 2.38. The number of amides is 1. The van der Waals surface area contributed by atoms with Crippen LogP contribution in [0.2, 0.25) is 0 Å². The van der Waals surface area contributed by atoms with Gasteiger partial charge in [-0.1, -0.05) is 0 Å². The third kappa shape index (κ3) is 2.92. The molecule has 25 heavy (non-hydrogen) atoms. The van der Waals surface area contributed by atoms with Gasteiger partial charge in [0.1, 0.15) is 11.6 Å². The molecule has 0 bridgehead atoms. The number of aryl methyl sites for hydroxylation is 1. The average molecular weight is 348 g/mol. The first-order chi connectivity index (χ1) is 12.0. The van der Waals surface area contributed by atoms with Crippen LogP contribution in [0.1, 0.15) is 30.5 Å². The molecule has 1 spiro atoms. The van der Waals surface area contributed by atoms with E-state index >= 15 is 0 Å². The average Bonchev–Trinajstić information content (AvgIpc) is 3.14. The summed E-state index contributed by atoms with van der Waals surface area (Å²) in [6.45, 7) is 4.63. The Hall–Kier alpha value is -1.95. The highest BCUT2D eigenvalue weighted by molar-refractivity contribution is 5.85. The maximum atomic E-state index is 13.9. The van der Waals surface area contributed by atoms with E-state index in [1.165, 1.54) is 6.07 Å². The summed E-state index contributed by atoms with van der Waals surface area (Å²) in [5.41, 5.74) is 2.13. The Balaban J connectivity index is 1.55. The van der Waals surface area contributed by atoms with Crippen molar-refractivity contribution in [2.45, 2.75) is 32.6 Å². The number of hydrogen-bond acceptors (Lipinski definition) is 2. The molecule has 1 amide bonds. The van der Waals surface area contributed by atoms with Crippen molar-refractivity contribution < 1.29 is 18.3 Å². The van der Waals surface area contributed by atoms with Crippen molar-refractivity contribution in [3.63, 3.8) is 0 Å². The van der Waals surface area contributed by atoms with Crippen LogP contribution in [-0.2, 0) is 16.0 Å². The van der Waals surface area contributed by atoms with Gasteiger partial charge in [0, 0.05) is 48.7 Å². The lowest BCUT2D eigenvalue weighted by atomic mass is 9.79. The topological polar surface area (TPSA) is 45.3 Å². The van der Waals surface area contributed by atoms with Crippen LogP contribution in [0, 0.1) is 24.0 Å². The van der Waals surface area contributed by atoms with Gasteiger partial charge in [-0.2, -0.15) is 0 Å². The first-order valence-electron chi connectivity index (χ1n) is 8.79. The number of benzene rings is 1. The van der Waals surface area contributed by atoms with Crippen molar-refractivity contribution >= 4 is 16.8 Å². The Morgan fingerprint density at radius 2 is 2.16 bits per heavy atom. The molecule has 0 aliphatic carbocycles. The van der Waals surface area contributed by atoms with Crippen molar-refractivity contribution in [3.05, 3.63) is 35.0 Å². The lowest BCUT2D eigenvalue weighted by Crippen LogP contribution is -2.47. The largest absolute Gasteiger partial charge is 0.381 e. The summed E-state index contributed by atoms with van der Waals surface area (Å²) in [4.78, 5) is 17.2. The molecule has 4 nitrogen and oxygen atoms in total. The van der Waals surface area contributed by atoms with Crippen LogP contribution in [-0.4, -0.2) is 42.1 Å². The molecule has 0 saturated carbocycles. The number of halogens is 2. The molecule has 2 aliphatic heterocycles. The van der Waals surface area contributed by atoms with E-state index in [-0.39, 0.29) is 11.3 Å². The minimum atomic E-state index is -0.583. The number of likely N-dealkylation sites (tertiary alicyclic amines) is 1. The third-order valence-electron chi connectivity index (χ3n) is 5.71. The number of carbonyl (C=O) groups excluding carboxylic acids is 1. The normalized spacial score (nSPS) is 24.0. The Morgan fingerprint density at radius 1 is 1.32 bits per heavy atom. The summed E-state index contributed by atoms with van der Waals surface area (Å²) < 4.78 is 33.1. The molecular formula is C19H22F2N2O2. The zero-order valence-corrected chi connectivity index (χ0v) is 14.3. The summed E-state index contributed by atoms with van der Waals surface area (Å²) >= 11 is 0. The molecular weight excluding hydrogens is 326 g/mol. The van der Waals surface area contributed by atoms with E-state index in [0.29, 0.717) is 30.3 Å². The van der Waals surface area contributed by atoms with Crippen LogP contribution in [0.5, 0.6) is 0 Å². The van der Waals surface area contributed by atoms with Gasteiger partial charge in [-0.15, -0.1) is 0 Å². The summed E-state index contributed by atoms with van der Waals surface area (Å²) in [7, 11) is 0. The maximum absolute atomic E-state index is 13.9. The predicted molar refractivity (Wildman–Crippen MR) is 90.3 cm³/mol. The van der Waals surface area contributed by atoms with Gasteiger partial charge in [-0.3, -0.25) is 4.79 Å². The molecule has 3 heterocycles. The number of carbonyl (C=O) groups is 1. The molecule has 134 valence electrons. The maximum Gasteiger partial charge on any atom is 0.222 e. The lowest BCUT2D eigenvalue weighted by Gasteiger charge is -2.39. The Kier molecular flexibility index (Phi) is 4.02. The number of piperidine rings is 1. The number of nitrogens with zero attached hydrogens (tertiary/aromatic N) is 1. The Morgan fingerprint density at radius 3 is 2.92 bits per heavy atom. The molecule has 2 aromatic rings. The van der Waals surface area contributed by atoms with E-state index in [1.54, 1.807) is 0 Å². The molecule has 2 saturated heterocycles. The number of H-pyrrole nitrogens is 1. The van der Waals surface area contributed by atoms with Crippen molar-refractivity contribution in [2.24, 2.45) is 5.41 Å². The summed E-state index contributed by atoms with van der Waals surface area (Å²) in [5.74, 6) is -1.01. The number of ether oxygens (including phenoxy) is 1. The predicted octanol–water partition coefficient (Wildman–Crippen LogP) is 3.33. The third-order valence-corrected chi connectivity index (χ3v) is 5.71. The van der Waals surface area contributed by atoms with E-state index in [2.05, 4.69) is 4.98 Å². The molecule has 1 aromatic heterocycles. The Labute approximate surface area is 145 Å². The highest BCUT2D eigenvalue weighted by atomic mass is 19.1. The van der Waals surface area contributed by atoms with E-state index in [4.69, 9.17) is 4.74 Å². The van der Waals surface area contributed by atoms with Crippen LogP contribution < -0.4 is 0 Å². The highest BCUT2D eigenvalue weighted by Gasteiger charge is 2.41. The van der Waals surface area contributed by atoms with Gasteiger partial charge in [0.2, 0.25) is 5.91 Å². The van der Waals surface area contributed by atoms with Crippen LogP contribution in [0.4, 0.5) is 8.78 Å². The van der Waals surface area contributed by atoms with Gasteiger partial charge in [-0.05, 0) is 37.8 Å². The zero-order chi connectivity index (χ0) is 17.6. The molecule has 4 rings (SSSR count). The summed E-state index contributed by atoms with van der Waals surface area (Å²) in [6, 6.07) is 2.25. The van der Waals surface area contributed by atoms with Crippen molar-refractivity contribution in [1.29, 1.82) is 0 Å². The van der Waals surface area contributed by atoms with E-state index in [0.717, 1.165) is 49.9 Å². The second-order valence-corrected chi connectivity index (χ2v) is 7.41. The van der Waals surface area contributed by atoms with Gasteiger partial charge in [0.25, 0.3) is 0 Å². The monoisotopic (exact) mass is 348 g/mol. The summed E-state index contributed by atoms with van der Waals surface area (Å²) in [6.07, 6.45) is 3.03. The summed E-state index contributed by atoms with van der Waals surface area (Å²) in [5, 5.41) is 0.568. The molecule has 6 heteroatoms. The first kappa shape index (κ1) is 16.5. The minimum Gasteiger partial charge on any atom is -0.381 e. The van der Waals surface area contributed by atoms with Crippen molar-refractivity contribution in [1.82, 2.24) is 9.88 Å². The van der Waals surface area contributed by atoms with E-state index in [1.807, 2.05) is 11.8 Å². The minimum absolute atomic E-state index is 0.0986. The number of aromatic amines is 1. The van der Waals surface area contributed by atoms with Gasteiger partial charge in [0.05, 0.1) is 12.1 Å². The number of hydrogen-bond donors (Lipinski definition) is 1. The molecule has 2 aliphatic rings. The van der Waals surface area contributed by atoms with Gasteiger partial charge in [0.15, 0.2) is 0 Å². The number of fused-ring (bicyclic) bond motifs is 1. The number of nitrogens with one attached hydrogen (secondary N) is 1. The van der Waals surface area contributed by atoms with Crippen LogP contribution in [0.3, 0.4) is 0 Å². The van der Waals surface area contributed by atoms with Gasteiger partial charge < -0.3 is 14.6 Å². The molecule has 2 fully saturated rings. The van der Waals surface area contributed by atoms with Crippen LogP contribution in [0.15, 0.2) is 12.1 Å². The first-order valence-corrected chi connectivity index (χ1v) is 8.79. The smallest absolute Gasteiger partial charge is 0.222 e. The standard InChI is InChI=1S/C19H22F2N2O2/c1-12-14(15-8-13(20)9-16(21)18(15)22-12)3-6-23-10-19(4-2-17(23)24)5-7-25-11-19/h8-9,22H,2-7,10-11H2,1H3/t19-/m1/s1. The second-order valence-electron chi connectivity index (χ2n) is 7.41. The Bertz CT molecular complexity index is 824. The SMILES string of the molecule is Cc1[nH]c2c(F)cc(F)cc2c1CCN1C[C@]2(CCOC2)CCC1=O. The molecule has 0 unspecified atom stereocenters. The number of rotatable bonds is 3. The molecule has 0 radical (unpaired) electrons. The molecule has 1 N–H and O–H groups in total. The lowest BCUT2D eigenvalue weighted by molar-refractivity contribution is -0.137. The van der Waals surface area contributed by atoms with Gasteiger partial charge in [-0.25, -0.2) is 8.78 Å². The second kappa shape index (κ2) is 6.09. The van der Waals surface area contributed by atoms with E-state index in [9.17, 15) is 13.6 Å². The van der Waals surface area contributed by atoms with E-state index < -0.39 is 11.6 Å². The fourth-order valence-corrected chi connectivity index (χ4v) is 4.25. The fraction of sp³-hybridized carbons (Fsp3) is 0.526. The molecule has 1 atom stereocenters. The van der Waals surface area contributed by atoms with Crippen molar-refractivity contribution in [2.75, 3.05) is 26.3 Å². The van der Waals surface area contributed by atoms with Crippen molar-refractivity contribution in [3.8, 4) is 0 Å². The molecule has 1 aromatic carbocycles. The quantitative estimate of drug-likeness (QED) is 0.925. The van der Waals surface area contributed by atoms with Crippen LogP contribution >= 0.6 is 0 Å². The zero-order valence-electron chi connectivity index (χ0n) is 14.3. The number of aromatic nitrogens is 1. The fourth-order valence-electron chi connectivity index (χ4n) is 4.25. The van der Waals surface area contributed by atoms with Gasteiger partial charge >= 0.3 is 0 Å².